The number of aromatic nitrogens is 1. The van der Waals surface area contributed by atoms with Gasteiger partial charge in [-0.15, -0.1) is 0 Å². The van der Waals surface area contributed by atoms with E-state index in [0.717, 1.165) is 5.69 Å². The second-order valence-electron chi connectivity index (χ2n) is 3.07. The first-order valence-corrected chi connectivity index (χ1v) is 5.74. The van der Waals surface area contributed by atoms with Gasteiger partial charge in [-0.3, -0.25) is 4.79 Å². The maximum absolute atomic E-state index is 11.8. The second-order valence-corrected chi connectivity index (χ2v) is 4.24. The van der Waals surface area contributed by atoms with E-state index >= 15 is 0 Å². The lowest BCUT2D eigenvalue weighted by Crippen LogP contribution is -2.12. The van der Waals surface area contributed by atoms with Crippen LogP contribution in [0.4, 0.5) is 11.5 Å². The fourth-order valence-electron chi connectivity index (χ4n) is 1.19. The number of nitrogen functional groups attached to an aromatic ring is 1. The summed E-state index contributed by atoms with van der Waals surface area (Å²) in [6, 6.07) is 4.77. The predicted octanol–water partition coefficient (Wildman–Crippen LogP) is 2.63. The molecule has 0 aliphatic carbocycles. The first kappa shape index (κ1) is 10.9. The highest BCUT2D eigenvalue weighted by atomic mass is 35.5. The number of hydrogen-bond acceptors (Lipinski definition) is 4. The lowest BCUT2D eigenvalue weighted by atomic mass is 10.2. The number of rotatable bonds is 2. The van der Waals surface area contributed by atoms with Gasteiger partial charge in [0.2, 0.25) is 0 Å². The Morgan fingerprint density at radius 3 is 2.94 bits per heavy atom. The molecule has 82 valence electrons. The molecule has 0 saturated carbocycles. The molecule has 0 spiro atoms. The van der Waals surface area contributed by atoms with Crippen LogP contribution in [0.1, 0.15) is 10.4 Å². The van der Waals surface area contributed by atoms with Crippen molar-refractivity contribution in [3.63, 3.8) is 0 Å². The van der Waals surface area contributed by atoms with Crippen LogP contribution in [-0.2, 0) is 0 Å². The summed E-state index contributed by atoms with van der Waals surface area (Å²) in [5.74, 6) is -0.0302. The van der Waals surface area contributed by atoms with E-state index in [1.165, 1.54) is 23.5 Å². The van der Waals surface area contributed by atoms with Crippen molar-refractivity contribution >= 4 is 40.4 Å². The van der Waals surface area contributed by atoms with Gasteiger partial charge in [-0.2, -0.15) is 11.3 Å². The molecule has 0 fully saturated rings. The van der Waals surface area contributed by atoms with Gasteiger partial charge >= 0.3 is 0 Å². The summed E-state index contributed by atoms with van der Waals surface area (Å²) in [5.41, 5.74) is 6.64. The smallest absolute Gasteiger partial charge is 0.255 e. The van der Waals surface area contributed by atoms with Crippen molar-refractivity contribution in [2.24, 2.45) is 0 Å². The SMILES string of the molecule is Nc1cc(C(=O)Nc2ccsc2)cc(Cl)n1. The van der Waals surface area contributed by atoms with Crippen LogP contribution in [-0.4, -0.2) is 10.9 Å². The van der Waals surface area contributed by atoms with Crippen LogP contribution < -0.4 is 11.1 Å². The first-order valence-electron chi connectivity index (χ1n) is 4.42. The first-order chi connectivity index (χ1) is 7.65. The number of halogens is 1. The number of hydrogen-bond donors (Lipinski definition) is 2. The topological polar surface area (TPSA) is 68.0 Å². The molecule has 0 aliphatic heterocycles. The second kappa shape index (κ2) is 4.51. The monoisotopic (exact) mass is 253 g/mol. The van der Waals surface area contributed by atoms with Gasteiger partial charge in [-0.1, -0.05) is 11.6 Å². The van der Waals surface area contributed by atoms with E-state index in [-0.39, 0.29) is 16.9 Å². The van der Waals surface area contributed by atoms with E-state index in [9.17, 15) is 4.79 Å². The van der Waals surface area contributed by atoms with E-state index in [4.69, 9.17) is 17.3 Å². The Hall–Kier alpha value is -1.59. The van der Waals surface area contributed by atoms with Crippen molar-refractivity contribution in [1.29, 1.82) is 0 Å². The minimum Gasteiger partial charge on any atom is -0.384 e. The highest BCUT2D eigenvalue weighted by molar-refractivity contribution is 7.08. The summed E-state index contributed by atoms with van der Waals surface area (Å²) in [6.07, 6.45) is 0. The highest BCUT2D eigenvalue weighted by Gasteiger charge is 2.08. The number of anilines is 2. The Bertz CT molecular complexity index is 493. The quantitative estimate of drug-likeness (QED) is 0.809. The molecule has 4 nitrogen and oxygen atoms in total. The average molecular weight is 254 g/mol. The largest absolute Gasteiger partial charge is 0.384 e. The fourth-order valence-corrected chi connectivity index (χ4v) is 1.99. The van der Waals surface area contributed by atoms with E-state index in [1.807, 2.05) is 16.8 Å². The average Bonchev–Trinajstić information content (AvgIpc) is 2.68. The van der Waals surface area contributed by atoms with Crippen LogP contribution in [0.15, 0.2) is 29.0 Å². The molecule has 16 heavy (non-hydrogen) atoms. The molecule has 3 N–H and O–H groups in total. The zero-order valence-electron chi connectivity index (χ0n) is 8.11. The zero-order chi connectivity index (χ0) is 11.5. The van der Waals surface area contributed by atoms with Gasteiger partial charge < -0.3 is 11.1 Å². The lowest BCUT2D eigenvalue weighted by Gasteiger charge is -2.03. The van der Waals surface area contributed by atoms with E-state index in [1.54, 1.807) is 0 Å². The number of carbonyl (C=O) groups is 1. The van der Waals surface area contributed by atoms with E-state index in [0.29, 0.717) is 5.56 Å². The summed E-state index contributed by atoms with van der Waals surface area (Å²) in [5, 5.41) is 6.64. The molecule has 0 bridgehead atoms. The summed E-state index contributed by atoms with van der Waals surface area (Å²) in [4.78, 5) is 15.5. The number of nitrogens with one attached hydrogen (secondary N) is 1. The molecular weight excluding hydrogens is 246 g/mol. The van der Waals surface area contributed by atoms with Gasteiger partial charge in [0.1, 0.15) is 11.0 Å². The molecule has 0 aliphatic rings. The minimum atomic E-state index is -0.255. The molecule has 1 amide bonds. The Balaban J connectivity index is 2.21. The van der Waals surface area contributed by atoms with Crippen molar-refractivity contribution in [2.75, 3.05) is 11.1 Å². The van der Waals surface area contributed by atoms with Crippen LogP contribution >= 0.6 is 22.9 Å². The summed E-state index contributed by atoms with van der Waals surface area (Å²) >= 11 is 7.21. The molecule has 2 heterocycles. The Labute approximate surface area is 101 Å². The molecule has 0 atom stereocenters. The van der Waals surface area contributed by atoms with Gasteiger partial charge in [-0.25, -0.2) is 4.98 Å². The summed E-state index contributed by atoms with van der Waals surface area (Å²) in [6.45, 7) is 0. The molecule has 2 rings (SSSR count). The normalized spacial score (nSPS) is 10.1. The number of amides is 1. The maximum atomic E-state index is 11.8. The van der Waals surface area contributed by atoms with Gasteiger partial charge in [0.15, 0.2) is 0 Å². The van der Waals surface area contributed by atoms with E-state index < -0.39 is 0 Å². The third-order valence-electron chi connectivity index (χ3n) is 1.86. The molecule has 0 saturated heterocycles. The molecule has 0 radical (unpaired) electrons. The van der Waals surface area contributed by atoms with Crippen LogP contribution in [0.25, 0.3) is 0 Å². The van der Waals surface area contributed by atoms with Crippen molar-refractivity contribution in [3.05, 3.63) is 39.7 Å². The fraction of sp³-hybridized carbons (Fsp3) is 0. The minimum absolute atomic E-state index is 0.204. The standard InChI is InChI=1S/C10H8ClN3OS/c11-8-3-6(4-9(12)14-8)10(15)13-7-1-2-16-5-7/h1-5H,(H2,12,14)(H,13,15). The Morgan fingerprint density at radius 1 is 1.50 bits per heavy atom. The maximum Gasteiger partial charge on any atom is 0.255 e. The number of nitrogens with two attached hydrogens (primary N) is 1. The molecule has 0 unspecified atom stereocenters. The van der Waals surface area contributed by atoms with Gasteiger partial charge in [0.05, 0.1) is 5.69 Å². The van der Waals surface area contributed by atoms with Gasteiger partial charge in [0.25, 0.3) is 5.91 Å². The van der Waals surface area contributed by atoms with Crippen LogP contribution in [0.5, 0.6) is 0 Å². The molecule has 2 aromatic heterocycles. The lowest BCUT2D eigenvalue weighted by molar-refractivity contribution is 0.102. The van der Waals surface area contributed by atoms with Crippen molar-refractivity contribution in [1.82, 2.24) is 4.98 Å². The van der Waals surface area contributed by atoms with Crippen molar-refractivity contribution in [2.45, 2.75) is 0 Å². The van der Waals surface area contributed by atoms with E-state index in [2.05, 4.69) is 10.3 Å². The number of thiophene rings is 1. The number of carbonyl (C=O) groups excluding carboxylic acids is 1. The highest BCUT2D eigenvalue weighted by Crippen LogP contribution is 2.16. The molecular formula is C10H8ClN3OS. The van der Waals surface area contributed by atoms with Crippen molar-refractivity contribution in [3.8, 4) is 0 Å². The molecule has 0 aromatic carbocycles. The zero-order valence-corrected chi connectivity index (χ0v) is 9.68. The van der Waals surface area contributed by atoms with Crippen LogP contribution in [0.2, 0.25) is 5.15 Å². The summed E-state index contributed by atoms with van der Waals surface area (Å²) in [7, 11) is 0. The third kappa shape index (κ3) is 2.50. The van der Waals surface area contributed by atoms with Crippen LogP contribution in [0.3, 0.4) is 0 Å². The molecule has 6 heteroatoms. The van der Waals surface area contributed by atoms with Crippen molar-refractivity contribution < 1.29 is 4.79 Å². The Kier molecular flexibility index (Phi) is 3.07. The molecule has 2 aromatic rings. The van der Waals surface area contributed by atoms with Gasteiger partial charge in [-0.05, 0) is 23.6 Å². The number of nitrogens with zero attached hydrogens (tertiary/aromatic N) is 1. The predicted molar refractivity (Wildman–Crippen MR) is 65.9 cm³/mol. The van der Waals surface area contributed by atoms with Gasteiger partial charge in [0, 0.05) is 10.9 Å². The van der Waals surface area contributed by atoms with Crippen LogP contribution in [0, 0.1) is 0 Å². The Morgan fingerprint density at radius 2 is 2.31 bits per heavy atom. The third-order valence-corrected chi connectivity index (χ3v) is 2.73. The number of pyridine rings is 1. The summed E-state index contributed by atoms with van der Waals surface area (Å²) < 4.78 is 0.